The first-order valence-corrected chi connectivity index (χ1v) is 8.51. The monoisotopic (exact) mass is 314 g/mol. The van der Waals surface area contributed by atoms with Crippen molar-refractivity contribution < 1.29 is 5.11 Å². The highest BCUT2D eigenvalue weighted by Gasteiger charge is 2.35. The average Bonchev–Trinajstić information content (AvgIpc) is 2.61. The molecule has 3 rings (SSSR count). The van der Waals surface area contributed by atoms with E-state index < -0.39 is 0 Å². The van der Waals surface area contributed by atoms with Crippen LogP contribution >= 0.6 is 0 Å². The molecule has 1 aliphatic carbocycles. The molecule has 0 atom stereocenters. The molecule has 0 aliphatic heterocycles. The third-order valence-corrected chi connectivity index (χ3v) is 5.16. The third-order valence-electron chi connectivity index (χ3n) is 5.16. The minimum Gasteiger partial charge on any atom is -0.395 e. The smallest absolute Gasteiger partial charge is 0.137 e. The summed E-state index contributed by atoms with van der Waals surface area (Å²) in [7, 11) is 2.13. The van der Waals surface area contributed by atoms with Gasteiger partial charge >= 0.3 is 0 Å². The zero-order chi connectivity index (χ0) is 16.1. The molecule has 1 aromatic carbocycles. The Morgan fingerprint density at radius 1 is 1.17 bits per heavy atom. The Bertz CT molecular complexity index is 634. The highest BCUT2D eigenvalue weighted by atomic mass is 16.3. The number of aromatic nitrogens is 2. The van der Waals surface area contributed by atoms with Gasteiger partial charge in [0.05, 0.1) is 12.1 Å². The Hall–Kier alpha value is -1.72. The van der Waals surface area contributed by atoms with Crippen molar-refractivity contribution in [1.82, 2.24) is 14.9 Å². The van der Waals surface area contributed by atoms with Crippen LogP contribution in [0.15, 0.2) is 30.6 Å². The van der Waals surface area contributed by atoms with Crippen LogP contribution in [0.3, 0.4) is 0 Å². The Morgan fingerprint density at radius 3 is 2.74 bits per heavy atom. The van der Waals surface area contributed by atoms with Gasteiger partial charge in [-0.2, -0.15) is 0 Å². The molecular weight excluding hydrogens is 288 g/mol. The number of nitrogens with zero attached hydrogens (tertiary/aromatic N) is 3. The van der Waals surface area contributed by atoms with Gasteiger partial charge in [-0.15, -0.1) is 0 Å². The summed E-state index contributed by atoms with van der Waals surface area (Å²) in [4.78, 5) is 11.1. The Morgan fingerprint density at radius 2 is 1.96 bits per heavy atom. The largest absolute Gasteiger partial charge is 0.395 e. The van der Waals surface area contributed by atoms with E-state index in [0.29, 0.717) is 6.54 Å². The maximum absolute atomic E-state index is 9.33. The van der Waals surface area contributed by atoms with Gasteiger partial charge in [0.25, 0.3) is 0 Å². The number of rotatable bonds is 6. The minimum absolute atomic E-state index is 0.104. The number of anilines is 1. The summed E-state index contributed by atoms with van der Waals surface area (Å²) in [5.41, 5.74) is 1.07. The van der Waals surface area contributed by atoms with E-state index in [9.17, 15) is 5.11 Å². The molecule has 5 nitrogen and oxygen atoms in total. The van der Waals surface area contributed by atoms with Crippen molar-refractivity contribution in [1.29, 1.82) is 0 Å². The number of nitrogens with one attached hydrogen (secondary N) is 1. The van der Waals surface area contributed by atoms with E-state index in [0.717, 1.165) is 23.3 Å². The highest BCUT2D eigenvalue weighted by molar-refractivity contribution is 5.88. The van der Waals surface area contributed by atoms with Crippen molar-refractivity contribution in [3.63, 3.8) is 0 Å². The fourth-order valence-corrected chi connectivity index (χ4v) is 3.68. The van der Waals surface area contributed by atoms with Gasteiger partial charge < -0.3 is 10.4 Å². The molecule has 1 fully saturated rings. The molecule has 5 heteroatoms. The van der Waals surface area contributed by atoms with E-state index in [2.05, 4.69) is 33.3 Å². The van der Waals surface area contributed by atoms with Gasteiger partial charge in [0.1, 0.15) is 12.1 Å². The number of aliphatic hydroxyl groups excluding tert-OH is 1. The van der Waals surface area contributed by atoms with Crippen LogP contribution in [0.2, 0.25) is 0 Å². The van der Waals surface area contributed by atoms with Crippen molar-refractivity contribution in [3.8, 4) is 0 Å². The topological polar surface area (TPSA) is 61.3 Å². The lowest BCUT2D eigenvalue weighted by Crippen LogP contribution is -2.53. The molecule has 23 heavy (non-hydrogen) atoms. The first-order chi connectivity index (χ1) is 11.2. The summed E-state index contributed by atoms with van der Waals surface area (Å²) in [6, 6.07) is 8.08. The predicted molar refractivity (Wildman–Crippen MR) is 93.6 cm³/mol. The fraction of sp³-hybridized carbons (Fsp3) is 0.556. The number of hydrogen-bond acceptors (Lipinski definition) is 5. The number of fused-ring (bicyclic) bond motifs is 1. The number of aliphatic hydroxyl groups is 1. The molecule has 2 aromatic rings. The standard InChI is InChI=1S/C18H26N4O/c1-22(11-12-23)18(9-5-2-6-10-18)13-19-17-15-7-3-4-8-16(15)20-14-21-17/h3-4,7-8,14,23H,2,5-6,9-13H2,1H3,(H,19,20,21). The zero-order valence-electron chi connectivity index (χ0n) is 13.8. The highest BCUT2D eigenvalue weighted by Crippen LogP contribution is 2.33. The van der Waals surface area contributed by atoms with Gasteiger partial charge in [-0.3, -0.25) is 4.90 Å². The van der Waals surface area contributed by atoms with Gasteiger partial charge in [-0.05, 0) is 32.0 Å². The fourth-order valence-electron chi connectivity index (χ4n) is 3.68. The number of β-amino-alcohol motifs (C(OH)–C–C–N with tert-alkyl or cyclic N) is 1. The lowest BCUT2D eigenvalue weighted by atomic mass is 9.80. The molecule has 0 unspecified atom stereocenters. The maximum Gasteiger partial charge on any atom is 0.137 e. The van der Waals surface area contributed by atoms with E-state index in [1.54, 1.807) is 6.33 Å². The second-order valence-corrected chi connectivity index (χ2v) is 6.52. The molecule has 2 N–H and O–H groups in total. The van der Waals surface area contributed by atoms with Crippen molar-refractivity contribution >= 4 is 16.7 Å². The van der Waals surface area contributed by atoms with Crippen LogP contribution in [0, 0.1) is 0 Å². The second-order valence-electron chi connectivity index (χ2n) is 6.52. The van der Waals surface area contributed by atoms with Crippen LogP contribution in [0.4, 0.5) is 5.82 Å². The van der Waals surface area contributed by atoms with Gasteiger partial charge in [-0.1, -0.05) is 31.4 Å². The van der Waals surface area contributed by atoms with Crippen LogP contribution in [-0.2, 0) is 0 Å². The summed E-state index contributed by atoms with van der Waals surface area (Å²) in [5, 5.41) is 13.9. The molecule has 0 radical (unpaired) electrons. The van der Waals surface area contributed by atoms with Crippen molar-refractivity contribution in [2.24, 2.45) is 0 Å². The lowest BCUT2D eigenvalue weighted by Gasteiger charge is -2.45. The zero-order valence-corrected chi connectivity index (χ0v) is 13.8. The van der Waals surface area contributed by atoms with E-state index >= 15 is 0 Å². The number of benzene rings is 1. The molecular formula is C18H26N4O. The van der Waals surface area contributed by atoms with Gasteiger partial charge in [0, 0.05) is 24.0 Å². The summed E-state index contributed by atoms with van der Waals surface area (Å²) in [6.07, 6.45) is 7.77. The van der Waals surface area contributed by atoms with Crippen LogP contribution in [0.1, 0.15) is 32.1 Å². The molecule has 1 aromatic heterocycles. The Labute approximate surface area is 137 Å². The maximum atomic E-state index is 9.33. The van der Waals surface area contributed by atoms with Crippen LogP contribution in [0.25, 0.3) is 10.9 Å². The summed E-state index contributed by atoms with van der Waals surface area (Å²) >= 11 is 0. The first kappa shape index (κ1) is 16.1. The molecule has 0 spiro atoms. The van der Waals surface area contributed by atoms with Gasteiger partial charge in [-0.25, -0.2) is 9.97 Å². The Balaban J connectivity index is 1.80. The molecule has 0 bridgehead atoms. The molecule has 1 aliphatic rings. The Kier molecular flexibility index (Phi) is 5.08. The van der Waals surface area contributed by atoms with Gasteiger partial charge in [0.2, 0.25) is 0 Å². The SMILES string of the molecule is CN(CCO)C1(CNc2ncnc3ccccc23)CCCCC1. The van der Waals surface area contributed by atoms with Crippen molar-refractivity contribution in [2.75, 3.05) is 32.1 Å². The first-order valence-electron chi connectivity index (χ1n) is 8.51. The number of likely N-dealkylation sites (N-methyl/N-ethyl adjacent to an activating group) is 1. The van der Waals surface area contributed by atoms with Crippen LogP contribution in [-0.4, -0.2) is 52.3 Å². The molecule has 1 heterocycles. The molecule has 0 saturated heterocycles. The van der Waals surface area contributed by atoms with Crippen molar-refractivity contribution in [2.45, 2.75) is 37.6 Å². The summed E-state index contributed by atoms with van der Waals surface area (Å²) in [5.74, 6) is 0.901. The number of hydrogen-bond donors (Lipinski definition) is 2. The van der Waals surface area contributed by atoms with E-state index in [1.165, 1.54) is 32.1 Å². The lowest BCUT2D eigenvalue weighted by molar-refractivity contribution is 0.0690. The third kappa shape index (κ3) is 3.46. The summed E-state index contributed by atoms with van der Waals surface area (Å²) < 4.78 is 0. The van der Waals surface area contributed by atoms with Crippen LogP contribution in [0.5, 0.6) is 0 Å². The van der Waals surface area contributed by atoms with E-state index in [1.807, 2.05) is 18.2 Å². The van der Waals surface area contributed by atoms with E-state index in [4.69, 9.17) is 0 Å². The van der Waals surface area contributed by atoms with E-state index in [-0.39, 0.29) is 12.1 Å². The van der Waals surface area contributed by atoms with Gasteiger partial charge in [0.15, 0.2) is 0 Å². The quantitative estimate of drug-likeness (QED) is 0.858. The second kappa shape index (κ2) is 7.23. The predicted octanol–water partition coefficient (Wildman–Crippen LogP) is 2.67. The molecule has 0 amide bonds. The van der Waals surface area contributed by atoms with Crippen LogP contribution < -0.4 is 5.32 Å². The number of para-hydroxylation sites is 1. The average molecular weight is 314 g/mol. The summed E-state index contributed by atoms with van der Waals surface area (Å²) in [6.45, 7) is 1.77. The normalized spacial score (nSPS) is 17.5. The van der Waals surface area contributed by atoms with Crippen molar-refractivity contribution in [3.05, 3.63) is 30.6 Å². The molecule has 1 saturated carbocycles. The molecule has 124 valence electrons. The minimum atomic E-state index is 0.104.